The zero-order valence-electron chi connectivity index (χ0n) is 17.2. The quantitative estimate of drug-likeness (QED) is 0.712. The molecule has 0 bridgehead atoms. The first-order valence-corrected chi connectivity index (χ1v) is 12.4. The van der Waals surface area contributed by atoms with Gasteiger partial charge in [-0.3, -0.25) is 14.4 Å². The molecule has 1 N–H and O–H groups in total. The number of benzene rings is 1. The summed E-state index contributed by atoms with van der Waals surface area (Å²) in [5.41, 5.74) is 0.818. The maximum Gasteiger partial charge on any atom is 0.268 e. The Morgan fingerprint density at radius 1 is 1.10 bits per heavy atom. The van der Waals surface area contributed by atoms with E-state index >= 15 is 0 Å². The number of carbonyl (C=O) groups is 3. The molecule has 0 radical (unpaired) electrons. The predicted octanol–water partition coefficient (Wildman–Crippen LogP) is 0.632. The number of sulfone groups is 1. The van der Waals surface area contributed by atoms with E-state index in [4.69, 9.17) is 0 Å². The number of hydrogen-bond donors (Lipinski definition) is 1. The minimum absolute atomic E-state index is 0.0128. The van der Waals surface area contributed by atoms with Gasteiger partial charge in [-0.15, -0.1) is 0 Å². The molecule has 1 aromatic rings. The van der Waals surface area contributed by atoms with Gasteiger partial charge < -0.3 is 10.2 Å². The summed E-state index contributed by atoms with van der Waals surface area (Å²) < 4.78 is 23.6. The summed E-state index contributed by atoms with van der Waals surface area (Å²) in [5, 5.41) is 8.17. The summed E-state index contributed by atoms with van der Waals surface area (Å²) >= 11 is 0. The number of likely N-dealkylation sites (tertiary alicyclic amines) is 1. The first-order valence-electron chi connectivity index (χ1n) is 10.6. The maximum atomic E-state index is 13.1. The Morgan fingerprint density at radius 3 is 2.45 bits per heavy atom. The lowest BCUT2D eigenvalue weighted by Gasteiger charge is -2.29. The molecule has 10 heteroatoms. The van der Waals surface area contributed by atoms with Gasteiger partial charge in [0.2, 0.25) is 11.8 Å². The van der Waals surface area contributed by atoms with E-state index in [9.17, 15) is 22.8 Å². The van der Waals surface area contributed by atoms with Gasteiger partial charge in [-0.25, -0.2) is 13.4 Å². The molecule has 166 valence electrons. The molecular weight excluding hydrogens is 420 g/mol. The Labute approximate surface area is 181 Å². The van der Waals surface area contributed by atoms with Crippen LogP contribution in [0.1, 0.15) is 43.7 Å². The molecular formula is C21H26N4O5S. The second-order valence-electron chi connectivity index (χ2n) is 8.19. The Kier molecular flexibility index (Phi) is 6.08. The number of hydrogen-bond acceptors (Lipinski definition) is 6. The van der Waals surface area contributed by atoms with Gasteiger partial charge in [-0.05, 0) is 24.8 Å². The molecule has 3 aliphatic heterocycles. The number of amides is 3. The number of nitrogens with zero attached hydrogens (tertiary/aromatic N) is 3. The fraction of sp³-hybridized carbons (Fsp3) is 0.524. The topological polar surface area (TPSA) is 116 Å². The van der Waals surface area contributed by atoms with Crippen molar-refractivity contribution in [3.05, 3.63) is 35.9 Å². The van der Waals surface area contributed by atoms with Gasteiger partial charge in [0.15, 0.2) is 9.84 Å². The summed E-state index contributed by atoms with van der Waals surface area (Å²) in [6.07, 6.45) is 2.43. The fourth-order valence-corrected chi connectivity index (χ4v) is 5.95. The van der Waals surface area contributed by atoms with Crippen LogP contribution in [-0.2, 0) is 24.2 Å². The van der Waals surface area contributed by atoms with E-state index in [-0.39, 0.29) is 41.9 Å². The van der Waals surface area contributed by atoms with E-state index in [1.54, 1.807) is 17.0 Å². The minimum Gasteiger partial charge on any atom is -0.341 e. The molecule has 3 amide bonds. The summed E-state index contributed by atoms with van der Waals surface area (Å²) in [5.74, 6) is -1.09. The van der Waals surface area contributed by atoms with Gasteiger partial charge in [-0.1, -0.05) is 30.3 Å². The van der Waals surface area contributed by atoms with E-state index in [0.29, 0.717) is 25.1 Å². The highest BCUT2D eigenvalue weighted by atomic mass is 32.2. The SMILES string of the molecule is O=C(N[C@@H](C(=O)N1CCCC1)c1ccccc1)C1=NN([C@H]2CCS(=O)(=O)C2)C(=O)CC1. The van der Waals surface area contributed by atoms with Crippen molar-refractivity contribution >= 4 is 33.3 Å². The van der Waals surface area contributed by atoms with E-state index < -0.39 is 27.8 Å². The van der Waals surface area contributed by atoms with Crippen molar-refractivity contribution in [2.45, 2.75) is 44.2 Å². The number of nitrogens with one attached hydrogen (secondary N) is 1. The summed E-state index contributed by atoms with van der Waals surface area (Å²) in [4.78, 5) is 40.2. The molecule has 0 aromatic heterocycles. The zero-order valence-corrected chi connectivity index (χ0v) is 18.0. The molecule has 2 saturated heterocycles. The highest BCUT2D eigenvalue weighted by molar-refractivity contribution is 7.91. The van der Waals surface area contributed by atoms with Crippen LogP contribution in [0.5, 0.6) is 0 Å². The average molecular weight is 447 g/mol. The normalized spacial score (nSPS) is 24.1. The van der Waals surface area contributed by atoms with Crippen molar-refractivity contribution in [2.24, 2.45) is 5.10 Å². The Bertz CT molecular complexity index is 1000. The minimum atomic E-state index is -3.20. The lowest BCUT2D eigenvalue weighted by atomic mass is 10.0. The zero-order chi connectivity index (χ0) is 22.0. The van der Waals surface area contributed by atoms with Crippen LogP contribution in [0.3, 0.4) is 0 Å². The van der Waals surface area contributed by atoms with Crippen LogP contribution < -0.4 is 5.32 Å². The third-order valence-electron chi connectivity index (χ3n) is 5.95. The van der Waals surface area contributed by atoms with Crippen LogP contribution in [-0.4, -0.2) is 72.4 Å². The lowest BCUT2D eigenvalue weighted by molar-refractivity contribution is -0.135. The molecule has 0 aliphatic carbocycles. The summed E-state index contributed by atoms with van der Waals surface area (Å²) in [6, 6.07) is 7.66. The van der Waals surface area contributed by atoms with Crippen LogP contribution >= 0.6 is 0 Å². The van der Waals surface area contributed by atoms with Crippen molar-refractivity contribution in [3.8, 4) is 0 Å². The smallest absolute Gasteiger partial charge is 0.268 e. The van der Waals surface area contributed by atoms with Crippen molar-refractivity contribution < 1.29 is 22.8 Å². The Balaban J connectivity index is 1.54. The van der Waals surface area contributed by atoms with Crippen LogP contribution in [0.4, 0.5) is 0 Å². The maximum absolute atomic E-state index is 13.1. The molecule has 4 rings (SSSR count). The first-order chi connectivity index (χ1) is 14.8. The number of rotatable bonds is 5. The summed E-state index contributed by atoms with van der Waals surface area (Å²) in [7, 11) is -3.20. The van der Waals surface area contributed by atoms with Crippen LogP contribution in [0, 0.1) is 0 Å². The molecule has 2 atom stereocenters. The van der Waals surface area contributed by atoms with Gasteiger partial charge in [0, 0.05) is 25.9 Å². The molecule has 31 heavy (non-hydrogen) atoms. The lowest BCUT2D eigenvalue weighted by Crippen LogP contribution is -2.47. The van der Waals surface area contributed by atoms with Gasteiger partial charge in [-0.2, -0.15) is 5.10 Å². The van der Waals surface area contributed by atoms with Crippen LogP contribution in [0.2, 0.25) is 0 Å². The number of hydrazone groups is 1. The van der Waals surface area contributed by atoms with E-state index in [1.165, 1.54) is 0 Å². The van der Waals surface area contributed by atoms with Crippen molar-refractivity contribution in [2.75, 3.05) is 24.6 Å². The Hall–Kier alpha value is -2.75. The van der Waals surface area contributed by atoms with Crippen LogP contribution in [0.15, 0.2) is 35.4 Å². The standard InChI is InChI=1S/C21H26N4O5S/c26-18-9-8-17(23-25(18)16-10-13-31(29,30)14-16)20(27)22-19(15-6-2-1-3-7-15)21(28)24-11-4-5-12-24/h1-3,6-7,16,19H,4-5,8-14H2,(H,22,27)/t16-,19+/m0/s1. The molecule has 2 fully saturated rings. The van der Waals surface area contributed by atoms with Gasteiger partial charge >= 0.3 is 0 Å². The van der Waals surface area contributed by atoms with Crippen molar-refractivity contribution in [1.29, 1.82) is 0 Å². The molecule has 0 spiro atoms. The van der Waals surface area contributed by atoms with E-state index in [0.717, 1.165) is 17.9 Å². The molecule has 1 aromatic carbocycles. The highest BCUT2D eigenvalue weighted by Crippen LogP contribution is 2.23. The molecule has 0 unspecified atom stereocenters. The fourth-order valence-electron chi connectivity index (χ4n) is 4.26. The molecule has 3 aliphatic rings. The molecule has 3 heterocycles. The monoisotopic (exact) mass is 446 g/mol. The third-order valence-corrected chi connectivity index (χ3v) is 7.70. The summed E-state index contributed by atoms with van der Waals surface area (Å²) in [6.45, 7) is 1.33. The van der Waals surface area contributed by atoms with Gasteiger partial charge in [0.25, 0.3) is 5.91 Å². The predicted molar refractivity (Wildman–Crippen MR) is 114 cm³/mol. The Morgan fingerprint density at radius 2 is 1.81 bits per heavy atom. The second kappa shape index (κ2) is 8.78. The van der Waals surface area contributed by atoms with Crippen molar-refractivity contribution in [1.82, 2.24) is 15.2 Å². The van der Waals surface area contributed by atoms with E-state index in [1.807, 2.05) is 18.2 Å². The largest absolute Gasteiger partial charge is 0.341 e. The highest BCUT2D eigenvalue weighted by Gasteiger charge is 2.38. The van der Waals surface area contributed by atoms with Gasteiger partial charge in [0.05, 0.1) is 17.5 Å². The molecule has 9 nitrogen and oxygen atoms in total. The molecule has 0 saturated carbocycles. The van der Waals surface area contributed by atoms with Gasteiger partial charge in [0.1, 0.15) is 11.8 Å². The average Bonchev–Trinajstić information content (AvgIpc) is 3.42. The van der Waals surface area contributed by atoms with E-state index in [2.05, 4.69) is 10.4 Å². The second-order valence-corrected chi connectivity index (χ2v) is 10.4. The first kappa shape index (κ1) is 21.5. The number of carbonyl (C=O) groups excluding carboxylic acids is 3. The van der Waals surface area contributed by atoms with Crippen LogP contribution in [0.25, 0.3) is 0 Å². The van der Waals surface area contributed by atoms with Crippen molar-refractivity contribution in [3.63, 3.8) is 0 Å². The third kappa shape index (κ3) is 4.79.